The molecule has 1 aliphatic carbocycles. The second kappa shape index (κ2) is 10.4. The summed E-state index contributed by atoms with van der Waals surface area (Å²) in [6.07, 6.45) is 2.51. The molecule has 1 aromatic carbocycles. The van der Waals surface area contributed by atoms with Gasteiger partial charge in [-0.3, -0.25) is 4.28 Å². The molecule has 0 amide bonds. The first-order valence-electron chi connectivity index (χ1n) is 9.95. The lowest BCUT2D eigenvalue weighted by molar-refractivity contribution is -0.134. The Morgan fingerprint density at radius 1 is 1.30 bits per heavy atom. The maximum absolute atomic E-state index is 12.5. The number of carbonyl (C=O) groups excluding carboxylic acids is 2. The van der Waals surface area contributed by atoms with Crippen molar-refractivity contribution in [3.63, 3.8) is 0 Å². The van der Waals surface area contributed by atoms with Crippen molar-refractivity contribution in [3.8, 4) is 0 Å². The molecule has 0 bridgehead atoms. The molecule has 3 unspecified atom stereocenters. The highest BCUT2D eigenvalue weighted by Gasteiger charge is 2.46. The SMILES string of the molecule is CCOC(=O)/C(=N/OS(=O)(=O)CC(C)C1CCC(C=O)C1(C)C)Sc1ccccc1. The van der Waals surface area contributed by atoms with Gasteiger partial charge in [0.2, 0.25) is 5.04 Å². The van der Waals surface area contributed by atoms with Gasteiger partial charge in [0.05, 0.1) is 12.4 Å². The fourth-order valence-corrected chi connectivity index (χ4v) is 5.99. The van der Waals surface area contributed by atoms with Gasteiger partial charge in [0.25, 0.3) is 0 Å². The van der Waals surface area contributed by atoms with Crippen LogP contribution in [0, 0.1) is 23.2 Å². The van der Waals surface area contributed by atoms with Crippen LogP contribution >= 0.6 is 11.8 Å². The number of rotatable bonds is 8. The zero-order valence-electron chi connectivity index (χ0n) is 17.7. The molecule has 1 fully saturated rings. The molecule has 0 aliphatic heterocycles. The predicted molar refractivity (Wildman–Crippen MR) is 116 cm³/mol. The number of esters is 1. The Bertz CT molecular complexity index is 867. The second-order valence-electron chi connectivity index (χ2n) is 8.06. The lowest BCUT2D eigenvalue weighted by atomic mass is 9.71. The molecule has 0 radical (unpaired) electrons. The summed E-state index contributed by atoms with van der Waals surface area (Å²) in [5.74, 6) is -1.23. The number of carbonyl (C=O) groups is 2. The number of ether oxygens (including phenoxy) is 1. The second-order valence-corrected chi connectivity index (χ2v) is 10.7. The van der Waals surface area contributed by atoms with E-state index in [1.807, 2.05) is 26.8 Å². The topological polar surface area (TPSA) is 99.1 Å². The Morgan fingerprint density at radius 2 is 1.97 bits per heavy atom. The highest BCUT2D eigenvalue weighted by atomic mass is 32.2. The molecule has 0 saturated heterocycles. The van der Waals surface area contributed by atoms with Crippen LogP contribution in [0.15, 0.2) is 40.4 Å². The van der Waals surface area contributed by atoms with Gasteiger partial charge in [-0.25, -0.2) is 4.79 Å². The van der Waals surface area contributed by atoms with Gasteiger partial charge in [0.15, 0.2) is 0 Å². The maximum Gasteiger partial charge on any atom is 0.367 e. The molecule has 1 aromatic rings. The molecule has 1 saturated carbocycles. The molecule has 7 nitrogen and oxygen atoms in total. The smallest absolute Gasteiger partial charge is 0.367 e. The average Bonchev–Trinajstić information content (AvgIpc) is 2.99. The van der Waals surface area contributed by atoms with Crippen molar-refractivity contribution in [2.75, 3.05) is 12.4 Å². The van der Waals surface area contributed by atoms with Crippen LogP contribution in [0.2, 0.25) is 0 Å². The monoisotopic (exact) mass is 455 g/mol. The Morgan fingerprint density at radius 3 is 2.53 bits per heavy atom. The molecule has 0 N–H and O–H groups in total. The van der Waals surface area contributed by atoms with Crippen LogP contribution in [-0.4, -0.2) is 38.1 Å². The van der Waals surface area contributed by atoms with Crippen LogP contribution in [0.25, 0.3) is 0 Å². The average molecular weight is 456 g/mol. The van der Waals surface area contributed by atoms with Crippen molar-refractivity contribution in [2.24, 2.45) is 28.3 Å². The molecule has 0 spiro atoms. The Kier molecular flexibility index (Phi) is 8.49. The lowest BCUT2D eigenvalue weighted by Crippen LogP contribution is -2.33. The molecule has 0 heterocycles. The van der Waals surface area contributed by atoms with Gasteiger partial charge < -0.3 is 9.53 Å². The molecule has 3 atom stereocenters. The number of hydrogen-bond donors (Lipinski definition) is 0. The maximum atomic E-state index is 12.5. The quantitative estimate of drug-likeness (QED) is 0.146. The van der Waals surface area contributed by atoms with Gasteiger partial charge >= 0.3 is 16.1 Å². The van der Waals surface area contributed by atoms with Crippen LogP contribution in [0.5, 0.6) is 0 Å². The zero-order valence-corrected chi connectivity index (χ0v) is 19.4. The number of benzene rings is 1. The van der Waals surface area contributed by atoms with Crippen LogP contribution in [0.4, 0.5) is 0 Å². The summed E-state index contributed by atoms with van der Waals surface area (Å²) >= 11 is 0.972. The Hall–Kier alpha value is -1.87. The summed E-state index contributed by atoms with van der Waals surface area (Å²) in [6.45, 7) is 7.63. The van der Waals surface area contributed by atoms with Gasteiger partial charge in [-0.05, 0) is 49.1 Å². The molecule has 0 aromatic heterocycles. The summed E-state index contributed by atoms with van der Waals surface area (Å²) in [5, 5.41) is 3.42. The molecule has 1 aliphatic rings. The summed E-state index contributed by atoms with van der Waals surface area (Å²) in [5.41, 5.74) is -0.279. The van der Waals surface area contributed by atoms with Gasteiger partial charge in [-0.15, -0.1) is 0 Å². The number of nitrogens with zero attached hydrogens (tertiary/aromatic N) is 1. The van der Waals surface area contributed by atoms with Crippen LogP contribution in [0.3, 0.4) is 0 Å². The predicted octanol–water partition coefficient (Wildman–Crippen LogP) is 3.89. The van der Waals surface area contributed by atoms with Gasteiger partial charge in [0.1, 0.15) is 6.29 Å². The standard InChI is InChI=1S/C21H29NO6S2/c1-5-27-20(24)19(29-17-9-7-6-8-10-17)22-28-30(25,26)14-15(2)18-12-11-16(13-23)21(18,3)4/h6-10,13,15-16,18H,5,11-12,14H2,1-4H3/b22-19-. The van der Waals surface area contributed by atoms with Crippen LogP contribution in [-0.2, 0) is 28.7 Å². The number of oxime groups is 1. The van der Waals surface area contributed by atoms with Crippen LogP contribution < -0.4 is 0 Å². The van der Waals surface area contributed by atoms with Gasteiger partial charge in [-0.1, -0.05) is 55.9 Å². The number of aldehydes is 1. The Balaban J connectivity index is 2.11. The molecule has 9 heteroatoms. The van der Waals surface area contributed by atoms with E-state index in [4.69, 9.17) is 9.02 Å². The molecule has 2 rings (SSSR count). The summed E-state index contributed by atoms with van der Waals surface area (Å²) in [6, 6.07) is 8.94. The van der Waals surface area contributed by atoms with Crippen molar-refractivity contribution in [2.45, 2.75) is 45.4 Å². The van der Waals surface area contributed by atoms with E-state index in [0.29, 0.717) is 4.90 Å². The largest absolute Gasteiger partial charge is 0.461 e. The summed E-state index contributed by atoms with van der Waals surface area (Å²) < 4.78 is 34.9. The first kappa shape index (κ1) is 24.4. The van der Waals surface area contributed by atoms with E-state index in [0.717, 1.165) is 30.9 Å². The molecule has 30 heavy (non-hydrogen) atoms. The fraction of sp³-hybridized carbons (Fsp3) is 0.571. The Labute approximate surface area is 182 Å². The fourth-order valence-electron chi connectivity index (χ4n) is 4.09. The van der Waals surface area contributed by atoms with E-state index in [2.05, 4.69) is 5.16 Å². The van der Waals surface area contributed by atoms with Gasteiger partial charge in [-0.2, -0.15) is 8.42 Å². The van der Waals surface area contributed by atoms with E-state index in [9.17, 15) is 18.0 Å². The minimum absolute atomic E-state index is 0.0678. The number of hydrogen-bond acceptors (Lipinski definition) is 8. The first-order valence-corrected chi connectivity index (χ1v) is 12.3. The van der Waals surface area contributed by atoms with E-state index in [1.165, 1.54) is 0 Å². The third kappa shape index (κ3) is 6.31. The molecule has 166 valence electrons. The normalized spacial score (nSPS) is 22.3. The minimum Gasteiger partial charge on any atom is -0.461 e. The lowest BCUT2D eigenvalue weighted by Gasteiger charge is -2.34. The summed E-state index contributed by atoms with van der Waals surface area (Å²) in [7, 11) is -4.03. The van der Waals surface area contributed by atoms with E-state index in [1.54, 1.807) is 31.2 Å². The highest BCUT2D eigenvalue weighted by Crippen LogP contribution is 2.50. The van der Waals surface area contributed by atoms with Crippen molar-refractivity contribution < 1.29 is 27.0 Å². The van der Waals surface area contributed by atoms with Crippen molar-refractivity contribution >= 4 is 39.2 Å². The number of thioether (sulfide) groups is 1. The van der Waals surface area contributed by atoms with Crippen molar-refractivity contribution in [1.82, 2.24) is 0 Å². The zero-order chi connectivity index (χ0) is 22.4. The summed E-state index contributed by atoms with van der Waals surface area (Å²) in [4.78, 5) is 24.2. The van der Waals surface area contributed by atoms with E-state index in [-0.39, 0.29) is 40.6 Å². The third-order valence-corrected chi connectivity index (χ3v) is 7.84. The first-order chi connectivity index (χ1) is 14.1. The highest BCUT2D eigenvalue weighted by molar-refractivity contribution is 8.15. The van der Waals surface area contributed by atoms with Crippen LogP contribution in [0.1, 0.15) is 40.5 Å². The van der Waals surface area contributed by atoms with E-state index < -0.39 is 16.1 Å². The van der Waals surface area contributed by atoms with E-state index >= 15 is 0 Å². The van der Waals surface area contributed by atoms with Gasteiger partial charge in [0, 0.05) is 10.8 Å². The van der Waals surface area contributed by atoms with Crippen molar-refractivity contribution in [1.29, 1.82) is 0 Å². The molecular formula is C21H29NO6S2. The minimum atomic E-state index is -4.03. The third-order valence-electron chi connectivity index (χ3n) is 5.66. The van der Waals surface area contributed by atoms with Crippen molar-refractivity contribution in [3.05, 3.63) is 30.3 Å². The molecular weight excluding hydrogens is 426 g/mol.